The summed E-state index contributed by atoms with van der Waals surface area (Å²) in [4.78, 5) is 0. The van der Waals surface area contributed by atoms with Crippen LogP contribution in [0.4, 0.5) is 0 Å². The second kappa shape index (κ2) is 6.97. The molecule has 4 unspecified atom stereocenters. The summed E-state index contributed by atoms with van der Waals surface area (Å²) >= 11 is 0. The Labute approximate surface area is 129 Å². The van der Waals surface area contributed by atoms with Crippen molar-refractivity contribution in [1.29, 1.82) is 0 Å². The Hall–Kier alpha value is -0.120. The highest BCUT2D eigenvalue weighted by Gasteiger charge is 2.56. The third kappa shape index (κ3) is 3.02. The lowest BCUT2D eigenvalue weighted by molar-refractivity contribution is -0.154. The van der Waals surface area contributed by atoms with Crippen molar-refractivity contribution >= 4 is 0 Å². The van der Waals surface area contributed by atoms with Crippen molar-refractivity contribution in [2.75, 3.05) is 13.2 Å². The number of rotatable bonds is 5. The summed E-state index contributed by atoms with van der Waals surface area (Å²) in [5.74, 6) is 0.477. The zero-order valence-electron chi connectivity index (χ0n) is 13.7. The zero-order valence-corrected chi connectivity index (χ0v) is 13.7. The molecule has 0 amide bonds. The summed E-state index contributed by atoms with van der Waals surface area (Å²) in [5, 5.41) is 13.6. The van der Waals surface area contributed by atoms with Crippen LogP contribution >= 0.6 is 0 Å². The number of nitrogens with one attached hydrogen (secondary N) is 1. The van der Waals surface area contributed by atoms with Crippen molar-refractivity contribution in [3.8, 4) is 0 Å². The van der Waals surface area contributed by atoms with Crippen molar-refractivity contribution < 1.29 is 9.84 Å². The van der Waals surface area contributed by atoms with Gasteiger partial charge in [-0.2, -0.15) is 0 Å². The van der Waals surface area contributed by atoms with Crippen molar-refractivity contribution in [2.24, 2.45) is 11.3 Å². The third-order valence-corrected chi connectivity index (χ3v) is 6.50. The molecular weight excluding hydrogens is 262 g/mol. The van der Waals surface area contributed by atoms with E-state index < -0.39 is 0 Å². The van der Waals surface area contributed by atoms with E-state index in [1.165, 1.54) is 64.2 Å². The van der Waals surface area contributed by atoms with Crippen molar-refractivity contribution in [1.82, 2.24) is 5.32 Å². The average Bonchev–Trinajstić information content (AvgIpc) is 2.55. The first-order valence-corrected chi connectivity index (χ1v) is 9.28. The minimum Gasteiger partial charge on any atom is -0.396 e. The molecular formula is C18H33NO2. The van der Waals surface area contributed by atoms with Gasteiger partial charge in [-0.1, -0.05) is 32.1 Å². The summed E-state index contributed by atoms with van der Waals surface area (Å²) in [6.07, 6.45) is 13.5. The molecule has 1 spiro atoms. The quantitative estimate of drug-likeness (QED) is 0.818. The molecule has 3 nitrogen and oxygen atoms in total. The first-order chi connectivity index (χ1) is 10.3. The molecule has 0 aromatic carbocycles. The van der Waals surface area contributed by atoms with Crippen LogP contribution in [0.2, 0.25) is 0 Å². The molecule has 2 N–H and O–H groups in total. The lowest BCUT2D eigenvalue weighted by atomic mass is 9.55. The van der Waals surface area contributed by atoms with Gasteiger partial charge in [-0.3, -0.25) is 0 Å². The Morgan fingerprint density at radius 1 is 1.10 bits per heavy atom. The molecule has 4 atom stereocenters. The lowest BCUT2D eigenvalue weighted by Crippen LogP contribution is -2.66. The second-order valence-corrected chi connectivity index (χ2v) is 7.53. The van der Waals surface area contributed by atoms with Gasteiger partial charge in [0.25, 0.3) is 0 Å². The standard InChI is InChI=1S/C18H33NO2/c1-2-21-17-12-16(18(17)10-6-3-7-11-18)19-15-9-5-4-8-14(15)13-20/h14-17,19-20H,2-13H2,1H3. The number of hydrogen-bond donors (Lipinski definition) is 2. The van der Waals surface area contributed by atoms with E-state index in [1.807, 2.05) is 0 Å². The van der Waals surface area contributed by atoms with Crippen LogP contribution in [0, 0.1) is 11.3 Å². The first-order valence-electron chi connectivity index (χ1n) is 9.28. The van der Waals surface area contributed by atoms with Crippen LogP contribution < -0.4 is 5.32 Å². The molecule has 0 aromatic heterocycles. The number of aliphatic hydroxyl groups excluding tert-OH is 1. The molecule has 0 aromatic rings. The van der Waals surface area contributed by atoms with Crippen LogP contribution in [0.3, 0.4) is 0 Å². The van der Waals surface area contributed by atoms with E-state index in [4.69, 9.17) is 4.74 Å². The van der Waals surface area contributed by atoms with Gasteiger partial charge in [-0.05, 0) is 44.9 Å². The topological polar surface area (TPSA) is 41.5 Å². The highest BCUT2D eigenvalue weighted by atomic mass is 16.5. The normalized spacial score (nSPS) is 39.1. The SMILES string of the molecule is CCOC1CC(NC2CCCCC2CO)C12CCCCC2. The molecule has 0 heterocycles. The molecule has 0 radical (unpaired) electrons. The van der Waals surface area contributed by atoms with E-state index in [2.05, 4.69) is 12.2 Å². The van der Waals surface area contributed by atoms with Gasteiger partial charge >= 0.3 is 0 Å². The van der Waals surface area contributed by atoms with E-state index in [0.29, 0.717) is 36.1 Å². The Morgan fingerprint density at radius 3 is 2.57 bits per heavy atom. The second-order valence-electron chi connectivity index (χ2n) is 7.53. The van der Waals surface area contributed by atoms with E-state index in [0.717, 1.165) is 6.61 Å². The summed E-state index contributed by atoms with van der Waals surface area (Å²) in [7, 11) is 0. The van der Waals surface area contributed by atoms with Gasteiger partial charge in [-0.25, -0.2) is 0 Å². The average molecular weight is 295 g/mol. The van der Waals surface area contributed by atoms with Crippen LogP contribution in [-0.4, -0.2) is 36.5 Å². The monoisotopic (exact) mass is 295 g/mol. The highest BCUT2D eigenvalue weighted by molar-refractivity contribution is 5.10. The summed E-state index contributed by atoms with van der Waals surface area (Å²) in [6, 6.07) is 1.17. The van der Waals surface area contributed by atoms with Gasteiger partial charge in [0, 0.05) is 30.7 Å². The molecule has 0 bridgehead atoms. The summed E-state index contributed by atoms with van der Waals surface area (Å²) in [5.41, 5.74) is 0.408. The Balaban J connectivity index is 1.64. The number of hydrogen-bond acceptors (Lipinski definition) is 3. The van der Waals surface area contributed by atoms with Gasteiger partial charge in [0.1, 0.15) is 0 Å². The molecule has 3 aliphatic carbocycles. The fraction of sp³-hybridized carbons (Fsp3) is 1.00. The van der Waals surface area contributed by atoms with Crippen molar-refractivity contribution in [3.05, 3.63) is 0 Å². The van der Waals surface area contributed by atoms with Crippen LogP contribution in [0.1, 0.15) is 71.1 Å². The fourth-order valence-corrected chi connectivity index (χ4v) is 5.20. The largest absolute Gasteiger partial charge is 0.396 e. The van der Waals surface area contributed by atoms with Crippen molar-refractivity contribution in [2.45, 2.75) is 89.3 Å². The van der Waals surface area contributed by atoms with Gasteiger partial charge in [0.15, 0.2) is 0 Å². The van der Waals surface area contributed by atoms with Crippen LogP contribution in [0.15, 0.2) is 0 Å². The molecule has 3 fully saturated rings. The predicted octanol–water partition coefficient (Wildman–Crippen LogP) is 3.26. The maximum atomic E-state index is 9.64. The van der Waals surface area contributed by atoms with E-state index in [9.17, 15) is 5.11 Å². The fourth-order valence-electron chi connectivity index (χ4n) is 5.20. The predicted molar refractivity (Wildman–Crippen MR) is 85.3 cm³/mol. The third-order valence-electron chi connectivity index (χ3n) is 6.50. The van der Waals surface area contributed by atoms with Gasteiger partial charge < -0.3 is 15.2 Å². The Bertz CT molecular complexity index is 327. The Kier molecular flexibility index (Phi) is 5.23. The van der Waals surface area contributed by atoms with Crippen LogP contribution in [0.5, 0.6) is 0 Å². The highest BCUT2D eigenvalue weighted by Crippen LogP contribution is 2.53. The van der Waals surface area contributed by atoms with E-state index in [1.54, 1.807) is 0 Å². The number of aliphatic hydroxyl groups is 1. The zero-order chi connectivity index (χ0) is 14.7. The first kappa shape index (κ1) is 15.8. The van der Waals surface area contributed by atoms with Gasteiger partial charge in [0.2, 0.25) is 0 Å². The summed E-state index contributed by atoms with van der Waals surface area (Å²) < 4.78 is 6.05. The molecule has 3 heteroatoms. The summed E-state index contributed by atoms with van der Waals surface area (Å²) in [6.45, 7) is 3.33. The maximum absolute atomic E-state index is 9.64. The van der Waals surface area contributed by atoms with Crippen LogP contribution in [0.25, 0.3) is 0 Å². The van der Waals surface area contributed by atoms with Gasteiger partial charge in [-0.15, -0.1) is 0 Å². The molecule has 21 heavy (non-hydrogen) atoms. The van der Waals surface area contributed by atoms with E-state index >= 15 is 0 Å². The number of ether oxygens (including phenoxy) is 1. The molecule has 0 saturated heterocycles. The Morgan fingerprint density at radius 2 is 1.86 bits per heavy atom. The van der Waals surface area contributed by atoms with Crippen LogP contribution in [-0.2, 0) is 4.74 Å². The smallest absolute Gasteiger partial charge is 0.0661 e. The molecule has 3 aliphatic rings. The minimum absolute atomic E-state index is 0.353. The molecule has 0 aliphatic heterocycles. The minimum atomic E-state index is 0.353. The van der Waals surface area contributed by atoms with Crippen molar-refractivity contribution in [3.63, 3.8) is 0 Å². The molecule has 122 valence electrons. The molecule has 3 rings (SSSR count). The lowest BCUT2D eigenvalue weighted by Gasteiger charge is -2.59. The van der Waals surface area contributed by atoms with E-state index in [-0.39, 0.29) is 0 Å². The molecule has 3 saturated carbocycles. The maximum Gasteiger partial charge on any atom is 0.0661 e. The van der Waals surface area contributed by atoms with Gasteiger partial charge in [0.05, 0.1) is 6.10 Å².